The summed E-state index contributed by atoms with van der Waals surface area (Å²) in [7, 11) is 1.81. The lowest BCUT2D eigenvalue weighted by Crippen LogP contribution is -2.17. The van der Waals surface area contributed by atoms with Gasteiger partial charge in [0, 0.05) is 19.2 Å². The zero-order valence-electron chi connectivity index (χ0n) is 10.4. The Morgan fingerprint density at radius 1 is 1.39 bits per heavy atom. The van der Waals surface area contributed by atoms with Gasteiger partial charge in [0.25, 0.3) is 0 Å². The van der Waals surface area contributed by atoms with Gasteiger partial charge < -0.3 is 14.4 Å². The van der Waals surface area contributed by atoms with E-state index < -0.39 is 6.10 Å². The number of anilines is 1. The van der Waals surface area contributed by atoms with Gasteiger partial charge >= 0.3 is 0 Å². The van der Waals surface area contributed by atoms with Gasteiger partial charge in [0.05, 0.1) is 24.3 Å². The molecule has 4 heteroatoms. The van der Waals surface area contributed by atoms with Crippen LogP contribution in [0.3, 0.4) is 0 Å². The van der Waals surface area contributed by atoms with Crippen LogP contribution in [0.15, 0.2) is 41.2 Å². The topological polar surface area (TPSA) is 36.6 Å². The molecule has 2 aromatic rings. The highest BCUT2D eigenvalue weighted by Gasteiger charge is 2.11. The number of aliphatic hydroxyl groups is 1. The highest BCUT2D eigenvalue weighted by molar-refractivity contribution is 5.49. The molecule has 3 nitrogen and oxygen atoms in total. The van der Waals surface area contributed by atoms with Crippen molar-refractivity contribution in [1.82, 2.24) is 0 Å². The fraction of sp³-hybridized carbons (Fsp3) is 0.286. The summed E-state index contributed by atoms with van der Waals surface area (Å²) in [6.45, 7) is 2.19. The minimum Gasteiger partial charge on any atom is -0.472 e. The summed E-state index contributed by atoms with van der Waals surface area (Å²) in [6.07, 6.45) is 2.57. The van der Waals surface area contributed by atoms with Crippen molar-refractivity contribution in [2.75, 3.05) is 11.9 Å². The third-order valence-electron chi connectivity index (χ3n) is 2.87. The van der Waals surface area contributed by atoms with Crippen LogP contribution in [0.5, 0.6) is 0 Å². The normalized spacial score (nSPS) is 12.4. The van der Waals surface area contributed by atoms with Crippen molar-refractivity contribution in [1.29, 1.82) is 0 Å². The summed E-state index contributed by atoms with van der Waals surface area (Å²) in [5.74, 6) is -0.334. The minimum absolute atomic E-state index is 0.334. The number of rotatable bonds is 4. The Hall–Kier alpha value is -1.81. The Labute approximate surface area is 105 Å². The van der Waals surface area contributed by atoms with Crippen LogP contribution in [0.2, 0.25) is 0 Å². The van der Waals surface area contributed by atoms with Crippen LogP contribution in [-0.2, 0) is 6.54 Å². The molecular weight excluding hydrogens is 233 g/mol. The van der Waals surface area contributed by atoms with Gasteiger partial charge in [0.2, 0.25) is 0 Å². The second kappa shape index (κ2) is 5.23. The first-order chi connectivity index (χ1) is 8.58. The standard InChI is InChI=1S/C14H16FNO2/c1-10(17)12-3-4-14(13(15)7-12)16(2)8-11-5-6-18-9-11/h3-7,9-10,17H,8H2,1-2H3/t10-/m1/s1. The largest absolute Gasteiger partial charge is 0.472 e. The maximum Gasteiger partial charge on any atom is 0.146 e. The van der Waals surface area contributed by atoms with E-state index in [1.807, 2.05) is 13.1 Å². The van der Waals surface area contributed by atoms with Crippen molar-refractivity contribution in [2.24, 2.45) is 0 Å². The van der Waals surface area contributed by atoms with E-state index in [1.54, 1.807) is 36.5 Å². The van der Waals surface area contributed by atoms with E-state index in [1.165, 1.54) is 6.07 Å². The number of hydrogen-bond acceptors (Lipinski definition) is 3. The van der Waals surface area contributed by atoms with E-state index in [4.69, 9.17) is 4.42 Å². The predicted molar refractivity (Wildman–Crippen MR) is 67.8 cm³/mol. The molecule has 0 saturated heterocycles. The van der Waals surface area contributed by atoms with E-state index in [0.717, 1.165) is 5.56 Å². The molecule has 0 radical (unpaired) electrons. The van der Waals surface area contributed by atoms with Crippen LogP contribution in [0, 0.1) is 5.82 Å². The third-order valence-corrected chi connectivity index (χ3v) is 2.87. The number of aliphatic hydroxyl groups excluding tert-OH is 1. The highest BCUT2D eigenvalue weighted by Crippen LogP contribution is 2.23. The number of furan rings is 1. The van der Waals surface area contributed by atoms with Gasteiger partial charge in [0.1, 0.15) is 5.82 Å². The number of nitrogens with zero attached hydrogens (tertiary/aromatic N) is 1. The maximum atomic E-state index is 13.9. The molecule has 0 amide bonds. The predicted octanol–water partition coefficient (Wildman–Crippen LogP) is 3.11. The molecule has 0 aliphatic carbocycles. The van der Waals surface area contributed by atoms with Crippen molar-refractivity contribution < 1.29 is 13.9 Å². The molecule has 1 aromatic carbocycles. The summed E-state index contributed by atoms with van der Waals surface area (Å²) in [4.78, 5) is 1.80. The van der Waals surface area contributed by atoms with E-state index in [-0.39, 0.29) is 5.82 Å². The Bertz CT molecular complexity index is 509. The van der Waals surface area contributed by atoms with Crippen LogP contribution < -0.4 is 4.90 Å². The molecule has 0 bridgehead atoms. The number of benzene rings is 1. The summed E-state index contributed by atoms with van der Waals surface area (Å²) in [5, 5.41) is 9.39. The monoisotopic (exact) mass is 249 g/mol. The maximum absolute atomic E-state index is 13.9. The lowest BCUT2D eigenvalue weighted by Gasteiger charge is -2.20. The Balaban J connectivity index is 2.17. The summed E-state index contributed by atoms with van der Waals surface area (Å²) >= 11 is 0. The first-order valence-corrected chi connectivity index (χ1v) is 5.77. The van der Waals surface area contributed by atoms with E-state index in [0.29, 0.717) is 17.8 Å². The average molecular weight is 249 g/mol. The van der Waals surface area contributed by atoms with E-state index in [2.05, 4.69) is 0 Å². The van der Waals surface area contributed by atoms with Crippen molar-refractivity contribution >= 4 is 5.69 Å². The first-order valence-electron chi connectivity index (χ1n) is 5.77. The zero-order chi connectivity index (χ0) is 13.1. The van der Waals surface area contributed by atoms with Crippen molar-refractivity contribution in [3.05, 3.63) is 53.7 Å². The fourth-order valence-electron chi connectivity index (χ4n) is 1.83. The Morgan fingerprint density at radius 3 is 2.72 bits per heavy atom. The first kappa shape index (κ1) is 12.6. The van der Waals surface area contributed by atoms with Crippen molar-refractivity contribution in [3.63, 3.8) is 0 Å². The molecule has 1 atom stereocenters. The molecule has 1 heterocycles. The molecule has 18 heavy (non-hydrogen) atoms. The fourth-order valence-corrected chi connectivity index (χ4v) is 1.83. The van der Waals surface area contributed by atoms with Gasteiger partial charge in [-0.2, -0.15) is 0 Å². The molecule has 2 rings (SSSR count). The van der Waals surface area contributed by atoms with Crippen molar-refractivity contribution in [2.45, 2.75) is 19.6 Å². The van der Waals surface area contributed by atoms with Gasteiger partial charge in [-0.25, -0.2) is 4.39 Å². The van der Waals surface area contributed by atoms with Gasteiger partial charge in [-0.3, -0.25) is 0 Å². The molecule has 0 aliphatic heterocycles. The van der Waals surface area contributed by atoms with Gasteiger partial charge in [0.15, 0.2) is 0 Å². The second-order valence-electron chi connectivity index (χ2n) is 4.37. The molecule has 0 saturated carbocycles. The third kappa shape index (κ3) is 2.71. The number of hydrogen-bond donors (Lipinski definition) is 1. The van der Waals surface area contributed by atoms with Crippen LogP contribution in [0.25, 0.3) is 0 Å². The lowest BCUT2D eigenvalue weighted by atomic mass is 10.1. The highest BCUT2D eigenvalue weighted by atomic mass is 19.1. The van der Waals surface area contributed by atoms with Crippen LogP contribution >= 0.6 is 0 Å². The molecule has 0 unspecified atom stereocenters. The average Bonchev–Trinajstić information content (AvgIpc) is 2.81. The number of halogens is 1. The zero-order valence-corrected chi connectivity index (χ0v) is 10.4. The van der Waals surface area contributed by atoms with E-state index in [9.17, 15) is 9.50 Å². The van der Waals surface area contributed by atoms with Crippen molar-refractivity contribution in [3.8, 4) is 0 Å². The minimum atomic E-state index is -0.660. The second-order valence-corrected chi connectivity index (χ2v) is 4.37. The molecular formula is C14H16FNO2. The van der Waals surface area contributed by atoms with Gasteiger partial charge in [-0.15, -0.1) is 0 Å². The smallest absolute Gasteiger partial charge is 0.146 e. The van der Waals surface area contributed by atoms with Crippen LogP contribution in [-0.4, -0.2) is 12.2 Å². The molecule has 0 fully saturated rings. The Morgan fingerprint density at radius 2 is 2.17 bits per heavy atom. The summed E-state index contributed by atoms with van der Waals surface area (Å²) in [6, 6.07) is 6.62. The molecule has 96 valence electrons. The SMILES string of the molecule is C[C@@H](O)c1ccc(N(C)Cc2ccoc2)c(F)c1. The summed E-state index contributed by atoms with van der Waals surface area (Å²) < 4.78 is 18.9. The van der Waals surface area contributed by atoms with Gasteiger partial charge in [-0.1, -0.05) is 6.07 Å². The quantitative estimate of drug-likeness (QED) is 0.904. The summed E-state index contributed by atoms with van der Waals surface area (Å²) in [5.41, 5.74) is 2.06. The van der Waals surface area contributed by atoms with Crippen LogP contribution in [0.1, 0.15) is 24.2 Å². The Kier molecular flexibility index (Phi) is 3.67. The van der Waals surface area contributed by atoms with Gasteiger partial charge in [-0.05, 0) is 30.7 Å². The molecule has 0 aliphatic rings. The van der Waals surface area contributed by atoms with E-state index >= 15 is 0 Å². The lowest BCUT2D eigenvalue weighted by molar-refractivity contribution is 0.199. The molecule has 0 spiro atoms. The molecule has 1 N–H and O–H groups in total. The molecule has 1 aromatic heterocycles. The van der Waals surface area contributed by atoms with Crippen LogP contribution in [0.4, 0.5) is 10.1 Å².